The van der Waals surface area contributed by atoms with E-state index in [2.05, 4.69) is 0 Å². The predicted octanol–water partition coefficient (Wildman–Crippen LogP) is 4.17. The zero-order valence-electron chi connectivity index (χ0n) is 8.27. The van der Waals surface area contributed by atoms with E-state index in [0.29, 0.717) is 16.8 Å². The summed E-state index contributed by atoms with van der Waals surface area (Å²) in [5.74, 6) is 0. The quantitative estimate of drug-likeness (QED) is 0.773. The predicted molar refractivity (Wildman–Crippen MR) is 62.6 cm³/mol. The summed E-state index contributed by atoms with van der Waals surface area (Å²) < 4.78 is 32.4. The Bertz CT molecular complexity index is 421. The van der Waals surface area contributed by atoms with Crippen LogP contribution in [0.1, 0.15) is 5.56 Å². The number of hydrogen-bond donors (Lipinski definition) is 0. The first-order chi connectivity index (χ1) is 7.43. The van der Waals surface area contributed by atoms with E-state index in [0.717, 1.165) is 0 Å². The second kappa shape index (κ2) is 4.02. The van der Waals surface area contributed by atoms with Crippen LogP contribution in [0.4, 0.5) is 8.78 Å². The standard InChI is InChI=1S/C10H8Cl2F2OS/c1-16-10(13,14)9(5-15-9)7-3-2-6(11)4-8(7)12/h2-4H,5H2,1H3. The molecule has 0 radical (unpaired) electrons. The minimum Gasteiger partial charge on any atom is -0.357 e. The third-order valence-electron chi connectivity index (χ3n) is 2.53. The number of thioether (sulfide) groups is 1. The van der Waals surface area contributed by atoms with Crippen LogP contribution in [-0.4, -0.2) is 18.1 Å². The van der Waals surface area contributed by atoms with Crippen molar-refractivity contribution in [1.82, 2.24) is 0 Å². The van der Waals surface area contributed by atoms with E-state index in [1.165, 1.54) is 24.5 Å². The highest BCUT2D eigenvalue weighted by Gasteiger charge is 2.66. The lowest BCUT2D eigenvalue weighted by Gasteiger charge is -2.22. The van der Waals surface area contributed by atoms with Crippen molar-refractivity contribution in [3.8, 4) is 0 Å². The lowest BCUT2D eigenvalue weighted by molar-refractivity contribution is 0.0100. The SMILES string of the molecule is CSC(F)(F)C1(c2ccc(Cl)cc2Cl)CO1. The molecule has 0 aromatic heterocycles. The first-order valence-corrected chi connectivity index (χ1v) is 6.43. The van der Waals surface area contributed by atoms with Crippen LogP contribution in [0.3, 0.4) is 0 Å². The molecule has 16 heavy (non-hydrogen) atoms. The van der Waals surface area contributed by atoms with Crippen molar-refractivity contribution < 1.29 is 13.5 Å². The van der Waals surface area contributed by atoms with E-state index >= 15 is 0 Å². The van der Waals surface area contributed by atoms with E-state index in [1.807, 2.05) is 0 Å². The van der Waals surface area contributed by atoms with Gasteiger partial charge in [0.1, 0.15) is 0 Å². The molecule has 1 fully saturated rings. The summed E-state index contributed by atoms with van der Waals surface area (Å²) >= 11 is 12.1. The third-order valence-corrected chi connectivity index (χ3v) is 3.92. The first-order valence-electron chi connectivity index (χ1n) is 4.45. The molecule has 0 spiro atoms. The van der Waals surface area contributed by atoms with Crippen LogP contribution in [0, 0.1) is 0 Å². The molecule has 1 nitrogen and oxygen atoms in total. The number of halogens is 4. The van der Waals surface area contributed by atoms with Crippen LogP contribution in [-0.2, 0) is 10.3 Å². The van der Waals surface area contributed by atoms with E-state index in [-0.39, 0.29) is 17.2 Å². The van der Waals surface area contributed by atoms with Crippen molar-refractivity contribution in [2.75, 3.05) is 12.9 Å². The molecule has 1 unspecified atom stereocenters. The van der Waals surface area contributed by atoms with Gasteiger partial charge in [-0.15, -0.1) is 0 Å². The number of alkyl halides is 2. The maximum atomic E-state index is 13.7. The van der Waals surface area contributed by atoms with Gasteiger partial charge in [-0.1, -0.05) is 41.0 Å². The molecule has 1 aliphatic rings. The summed E-state index contributed by atoms with van der Waals surface area (Å²) in [7, 11) is 0. The Hall–Kier alpha value is -0.0300. The van der Waals surface area contributed by atoms with Gasteiger partial charge >= 0.3 is 5.25 Å². The van der Waals surface area contributed by atoms with Crippen LogP contribution >= 0.6 is 35.0 Å². The number of epoxide rings is 1. The second-order valence-corrected chi connectivity index (χ2v) is 5.23. The monoisotopic (exact) mass is 284 g/mol. The van der Waals surface area contributed by atoms with Crippen molar-refractivity contribution in [3.63, 3.8) is 0 Å². The Morgan fingerprint density at radius 2 is 2.06 bits per heavy atom. The summed E-state index contributed by atoms with van der Waals surface area (Å²) in [6.45, 7) is -0.0256. The van der Waals surface area contributed by atoms with E-state index in [9.17, 15) is 8.78 Å². The molecule has 2 rings (SSSR count). The fourth-order valence-corrected chi connectivity index (χ4v) is 2.65. The third kappa shape index (κ3) is 1.82. The molecule has 6 heteroatoms. The molecule has 0 aliphatic carbocycles. The molecule has 1 heterocycles. The number of benzene rings is 1. The highest BCUT2D eigenvalue weighted by Crippen LogP contribution is 2.56. The maximum Gasteiger partial charge on any atom is 0.328 e. The Labute approximate surface area is 106 Å². The van der Waals surface area contributed by atoms with Crippen LogP contribution in [0.25, 0.3) is 0 Å². The summed E-state index contributed by atoms with van der Waals surface area (Å²) in [6.07, 6.45) is 1.34. The number of ether oxygens (including phenoxy) is 1. The molecule has 0 N–H and O–H groups in total. The minimum atomic E-state index is -3.00. The van der Waals surface area contributed by atoms with Crippen LogP contribution < -0.4 is 0 Å². The molecular formula is C10H8Cl2F2OS. The Kier molecular flexibility index (Phi) is 3.12. The molecule has 0 bridgehead atoms. The molecule has 1 saturated heterocycles. The molecule has 1 aromatic carbocycles. The molecular weight excluding hydrogens is 277 g/mol. The lowest BCUT2D eigenvalue weighted by atomic mass is 10.0. The van der Waals surface area contributed by atoms with Gasteiger partial charge in [0.05, 0.1) is 6.61 Å². The van der Waals surface area contributed by atoms with Gasteiger partial charge in [-0.25, -0.2) is 0 Å². The second-order valence-electron chi connectivity index (χ2n) is 3.46. The topological polar surface area (TPSA) is 12.5 Å². The maximum absolute atomic E-state index is 13.7. The lowest BCUT2D eigenvalue weighted by Crippen LogP contribution is -2.31. The van der Waals surface area contributed by atoms with Crippen molar-refractivity contribution in [2.45, 2.75) is 10.9 Å². The van der Waals surface area contributed by atoms with Gasteiger partial charge in [0.15, 0.2) is 5.60 Å². The van der Waals surface area contributed by atoms with Gasteiger partial charge in [0.25, 0.3) is 0 Å². The van der Waals surface area contributed by atoms with Crippen LogP contribution in [0.15, 0.2) is 18.2 Å². The van der Waals surface area contributed by atoms with Gasteiger partial charge in [-0.2, -0.15) is 8.78 Å². The zero-order valence-corrected chi connectivity index (χ0v) is 10.6. The summed E-state index contributed by atoms with van der Waals surface area (Å²) in [5.41, 5.74) is -1.30. The highest BCUT2D eigenvalue weighted by molar-refractivity contribution is 7.99. The molecule has 0 amide bonds. The number of hydrogen-bond acceptors (Lipinski definition) is 2. The van der Waals surface area contributed by atoms with Gasteiger partial charge in [0.2, 0.25) is 0 Å². The van der Waals surface area contributed by atoms with Gasteiger partial charge in [0, 0.05) is 15.6 Å². The minimum absolute atomic E-state index is 0.0256. The average Bonchev–Trinajstić information content (AvgIpc) is 2.99. The van der Waals surface area contributed by atoms with Crippen molar-refractivity contribution in [3.05, 3.63) is 33.8 Å². The smallest absolute Gasteiger partial charge is 0.328 e. The summed E-state index contributed by atoms with van der Waals surface area (Å²) in [6, 6.07) is 4.46. The molecule has 1 aromatic rings. The molecule has 88 valence electrons. The van der Waals surface area contributed by atoms with E-state index in [1.54, 1.807) is 0 Å². The van der Waals surface area contributed by atoms with E-state index in [4.69, 9.17) is 27.9 Å². The molecule has 0 saturated carbocycles. The average molecular weight is 285 g/mol. The highest BCUT2D eigenvalue weighted by atomic mass is 35.5. The van der Waals surface area contributed by atoms with Crippen molar-refractivity contribution in [1.29, 1.82) is 0 Å². The first kappa shape index (κ1) is 12.4. The Morgan fingerprint density at radius 1 is 1.44 bits per heavy atom. The molecule has 1 atom stereocenters. The van der Waals surface area contributed by atoms with Crippen LogP contribution in [0.5, 0.6) is 0 Å². The largest absolute Gasteiger partial charge is 0.357 e. The summed E-state index contributed by atoms with van der Waals surface area (Å²) in [5, 5.41) is -2.37. The Balaban J connectivity index is 2.45. The number of rotatable bonds is 3. The fraction of sp³-hybridized carbons (Fsp3) is 0.400. The molecule has 1 aliphatic heterocycles. The van der Waals surface area contributed by atoms with Crippen LogP contribution in [0.2, 0.25) is 10.0 Å². The van der Waals surface area contributed by atoms with Crippen molar-refractivity contribution in [2.24, 2.45) is 0 Å². The summed E-state index contributed by atoms with van der Waals surface area (Å²) in [4.78, 5) is 0. The fourth-order valence-electron chi connectivity index (χ4n) is 1.53. The normalized spacial score (nSPS) is 24.6. The Morgan fingerprint density at radius 3 is 2.50 bits per heavy atom. The zero-order chi connectivity index (χ0) is 12.0. The van der Waals surface area contributed by atoms with Crippen molar-refractivity contribution >= 4 is 35.0 Å². The van der Waals surface area contributed by atoms with Gasteiger partial charge < -0.3 is 4.74 Å². The van der Waals surface area contributed by atoms with Gasteiger partial charge in [-0.05, 0) is 18.4 Å². The van der Waals surface area contributed by atoms with E-state index < -0.39 is 10.9 Å². The van der Waals surface area contributed by atoms with Gasteiger partial charge in [-0.3, -0.25) is 0 Å².